The van der Waals surface area contributed by atoms with Crippen LogP contribution in [0.25, 0.3) is 0 Å². The summed E-state index contributed by atoms with van der Waals surface area (Å²) in [7, 11) is 0. The molecule has 2 rings (SSSR count). The highest BCUT2D eigenvalue weighted by atomic mass is 19.2. The van der Waals surface area contributed by atoms with E-state index in [0.29, 0.717) is 13.2 Å². The maximum atomic E-state index is 13.0. The molecule has 1 aliphatic heterocycles. The molecule has 7 heteroatoms. The van der Waals surface area contributed by atoms with Crippen LogP contribution >= 0.6 is 0 Å². The first-order valence-corrected chi connectivity index (χ1v) is 6.78. The molecular weight excluding hydrogens is 282 g/mol. The van der Waals surface area contributed by atoms with Gasteiger partial charge in [0.1, 0.15) is 18.4 Å². The number of morpholine rings is 1. The van der Waals surface area contributed by atoms with E-state index < -0.39 is 11.6 Å². The molecule has 0 bridgehead atoms. The van der Waals surface area contributed by atoms with Crippen molar-refractivity contribution in [2.24, 2.45) is 0 Å². The van der Waals surface area contributed by atoms with E-state index in [4.69, 9.17) is 9.47 Å². The van der Waals surface area contributed by atoms with E-state index in [0.717, 1.165) is 12.1 Å². The summed E-state index contributed by atoms with van der Waals surface area (Å²) in [6.45, 7) is 3.48. The second kappa shape index (κ2) is 7.33. The van der Waals surface area contributed by atoms with Crippen LogP contribution in [0.5, 0.6) is 5.75 Å². The molecule has 0 aliphatic carbocycles. The molecular formula is C14H18F2N2O3. The lowest BCUT2D eigenvalue weighted by Gasteiger charge is -2.29. The number of carbonyl (C=O) groups is 1. The van der Waals surface area contributed by atoms with Gasteiger partial charge >= 0.3 is 0 Å². The SMILES string of the molecule is C[C@H]1OCCN[C@@H]1C(=O)NCCOc1ccc(F)c(F)c1. The van der Waals surface area contributed by atoms with Crippen LogP contribution in [0.15, 0.2) is 18.2 Å². The summed E-state index contributed by atoms with van der Waals surface area (Å²) >= 11 is 0. The van der Waals surface area contributed by atoms with Crippen molar-refractivity contribution < 1.29 is 23.0 Å². The predicted octanol–water partition coefficient (Wildman–Crippen LogP) is 0.837. The van der Waals surface area contributed by atoms with Crippen molar-refractivity contribution in [2.75, 3.05) is 26.3 Å². The first kappa shape index (κ1) is 15.7. The lowest BCUT2D eigenvalue weighted by Crippen LogP contribution is -2.55. The zero-order valence-corrected chi connectivity index (χ0v) is 11.7. The van der Waals surface area contributed by atoms with Crippen molar-refractivity contribution >= 4 is 5.91 Å². The van der Waals surface area contributed by atoms with Crippen molar-refractivity contribution in [3.05, 3.63) is 29.8 Å². The number of rotatable bonds is 5. The van der Waals surface area contributed by atoms with Gasteiger partial charge in [-0.3, -0.25) is 4.79 Å². The molecule has 1 fully saturated rings. The maximum Gasteiger partial charge on any atom is 0.239 e. The third-order valence-electron chi connectivity index (χ3n) is 3.16. The quantitative estimate of drug-likeness (QED) is 0.791. The summed E-state index contributed by atoms with van der Waals surface area (Å²) < 4.78 is 36.3. The molecule has 1 aromatic carbocycles. The van der Waals surface area contributed by atoms with E-state index in [9.17, 15) is 13.6 Å². The van der Waals surface area contributed by atoms with Gasteiger partial charge in [-0.15, -0.1) is 0 Å². The summed E-state index contributed by atoms with van der Waals surface area (Å²) in [4.78, 5) is 11.9. The van der Waals surface area contributed by atoms with Gasteiger partial charge in [0.2, 0.25) is 5.91 Å². The van der Waals surface area contributed by atoms with Crippen LogP contribution in [0.1, 0.15) is 6.92 Å². The zero-order valence-electron chi connectivity index (χ0n) is 11.7. The van der Waals surface area contributed by atoms with Crippen molar-refractivity contribution in [3.63, 3.8) is 0 Å². The molecule has 5 nitrogen and oxygen atoms in total. The van der Waals surface area contributed by atoms with Crippen molar-refractivity contribution in [3.8, 4) is 5.75 Å². The number of amides is 1. The monoisotopic (exact) mass is 300 g/mol. The number of hydrogen-bond acceptors (Lipinski definition) is 4. The highest BCUT2D eigenvalue weighted by Crippen LogP contribution is 2.15. The molecule has 0 unspecified atom stereocenters. The number of ether oxygens (including phenoxy) is 2. The topological polar surface area (TPSA) is 59.6 Å². The first-order valence-electron chi connectivity index (χ1n) is 6.78. The van der Waals surface area contributed by atoms with Crippen molar-refractivity contribution in [2.45, 2.75) is 19.1 Å². The third-order valence-corrected chi connectivity index (χ3v) is 3.16. The number of benzene rings is 1. The molecule has 2 N–H and O–H groups in total. The molecule has 1 amide bonds. The van der Waals surface area contributed by atoms with E-state index >= 15 is 0 Å². The van der Waals surface area contributed by atoms with Crippen LogP contribution in [-0.4, -0.2) is 44.4 Å². The van der Waals surface area contributed by atoms with Gasteiger partial charge < -0.3 is 20.1 Å². The minimum Gasteiger partial charge on any atom is -0.492 e. The van der Waals surface area contributed by atoms with E-state index in [2.05, 4.69) is 10.6 Å². The molecule has 1 heterocycles. The van der Waals surface area contributed by atoms with Gasteiger partial charge in [-0.25, -0.2) is 8.78 Å². The van der Waals surface area contributed by atoms with Gasteiger partial charge in [-0.2, -0.15) is 0 Å². The number of carbonyl (C=O) groups excluding carboxylic acids is 1. The average Bonchev–Trinajstić information content (AvgIpc) is 2.47. The predicted molar refractivity (Wildman–Crippen MR) is 72.1 cm³/mol. The van der Waals surface area contributed by atoms with Crippen molar-refractivity contribution in [1.82, 2.24) is 10.6 Å². The number of hydrogen-bond donors (Lipinski definition) is 2. The summed E-state index contributed by atoms with van der Waals surface area (Å²) in [5.74, 6) is -1.84. The Morgan fingerprint density at radius 3 is 3.00 bits per heavy atom. The van der Waals surface area contributed by atoms with Gasteiger partial charge in [0, 0.05) is 12.6 Å². The standard InChI is InChI=1S/C14H18F2N2O3/c1-9-13(17-4-6-20-9)14(19)18-5-7-21-10-2-3-11(15)12(16)8-10/h2-3,8-9,13,17H,4-7H2,1H3,(H,18,19)/t9-,13+/m1/s1. The lowest BCUT2D eigenvalue weighted by atomic mass is 10.1. The first-order chi connectivity index (χ1) is 10.1. The molecule has 0 saturated carbocycles. The van der Waals surface area contributed by atoms with Crippen LogP contribution in [0.2, 0.25) is 0 Å². The number of nitrogens with one attached hydrogen (secondary N) is 2. The lowest BCUT2D eigenvalue weighted by molar-refractivity contribution is -0.129. The maximum absolute atomic E-state index is 13.0. The Morgan fingerprint density at radius 1 is 1.48 bits per heavy atom. The Hall–Kier alpha value is -1.73. The molecule has 21 heavy (non-hydrogen) atoms. The Kier molecular flexibility index (Phi) is 5.46. The fourth-order valence-corrected chi connectivity index (χ4v) is 2.05. The summed E-state index contributed by atoms with van der Waals surface area (Å²) in [5.41, 5.74) is 0. The molecule has 0 radical (unpaired) electrons. The van der Waals surface area contributed by atoms with Crippen molar-refractivity contribution in [1.29, 1.82) is 0 Å². The second-order valence-electron chi connectivity index (χ2n) is 4.72. The van der Waals surface area contributed by atoms with Crippen LogP contribution in [0.4, 0.5) is 8.78 Å². The number of halogens is 2. The molecule has 2 atom stereocenters. The Bertz CT molecular complexity index is 499. The van der Waals surface area contributed by atoms with Gasteiger partial charge in [0.25, 0.3) is 0 Å². The van der Waals surface area contributed by atoms with Gasteiger partial charge in [-0.05, 0) is 19.1 Å². The zero-order chi connectivity index (χ0) is 15.2. The smallest absolute Gasteiger partial charge is 0.239 e. The van der Waals surface area contributed by atoms with Gasteiger partial charge in [0.05, 0.1) is 19.3 Å². The van der Waals surface area contributed by atoms with E-state index in [1.165, 1.54) is 6.07 Å². The Balaban J connectivity index is 1.71. The normalized spacial score (nSPS) is 21.9. The minimum atomic E-state index is -0.964. The summed E-state index contributed by atoms with van der Waals surface area (Å²) in [6, 6.07) is 2.91. The van der Waals surface area contributed by atoms with Gasteiger partial charge in [0.15, 0.2) is 11.6 Å². The molecule has 116 valence electrons. The van der Waals surface area contributed by atoms with Gasteiger partial charge in [-0.1, -0.05) is 0 Å². The summed E-state index contributed by atoms with van der Waals surface area (Å²) in [5, 5.41) is 5.78. The molecule has 0 spiro atoms. The van der Waals surface area contributed by atoms with E-state index in [1.54, 1.807) is 0 Å². The van der Waals surface area contributed by atoms with Crippen LogP contribution in [-0.2, 0) is 9.53 Å². The van der Waals surface area contributed by atoms with E-state index in [-0.39, 0.29) is 37.0 Å². The molecule has 1 aromatic rings. The fourth-order valence-electron chi connectivity index (χ4n) is 2.05. The summed E-state index contributed by atoms with van der Waals surface area (Å²) in [6.07, 6.45) is -0.189. The Labute approximate surface area is 121 Å². The largest absolute Gasteiger partial charge is 0.492 e. The van der Waals surface area contributed by atoms with Crippen LogP contribution in [0, 0.1) is 11.6 Å². The minimum absolute atomic E-state index is 0.165. The molecule has 1 saturated heterocycles. The second-order valence-corrected chi connectivity index (χ2v) is 4.72. The van der Waals surface area contributed by atoms with E-state index in [1.807, 2.05) is 6.92 Å². The average molecular weight is 300 g/mol. The molecule has 0 aromatic heterocycles. The fraction of sp³-hybridized carbons (Fsp3) is 0.500. The van der Waals surface area contributed by atoms with Crippen LogP contribution < -0.4 is 15.4 Å². The molecule has 1 aliphatic rings. The highest BCUT2D eigenvalue weighted by Gasteiger charge is 2.27. The highest BCUT2D eigenvalue weighted by molar-refractivity contribution is 5.82. The van der Waals surface area contributed by atoms with Crippen LogP contribution in [0.3, 0.4) is 0 Å². The Morgan fingerprint density at radius 2 is 2.29 bits per heavy atom. The third kappa shape index (κ3) is 4.37.